The molecule has 0 saturated carbocycles. The lowest BCUT2D eigenvalue weighted by molar-refractivity contribution is 0.0683. The molecule has 17 heavy (non-hydrogen) atoms. The Morgan fingerprint density at radius 2 is 1.88 bits per heavy atom. The van der Waals surface area contributed by atoms with Crippen molar-refractivity contribution < 1.29 is 15.0 Å². The summed E-state index contributed by atoms with van der Waals surface area (Å²) in [6.45, 7) is 0.124. The van der Waals surface area contributed by atoms with Crippen molar-refractivity contribution >= 4 is 34.5 Å². The second-order valence-corrected chi connectivity index (χ2v) is 4.77. The highest BCUT2D eigenvalue weighted by atomic mass is 79.9. The Morgan fingerprint density at radius 3 is 2.41 bits per heavy atom. The summed E-state index contributed by atoms with van der Waals surface area (Å²) in [6.07, 6.45) is 0. The van der Waals surface area contributed by atoms with E-state index in [1.54, 1.807) is 18.2 Å². The Morgan fingerprint density at radius 1 is 1.29 bits per heavy atom. The van der Waals surface area contributed by atoms with E-state index in [0.717, 1.165) is 0 Å². The van der Waals surface area contributed by atoms with Gasteiger partial charge in [0.15, 0.2) is 0 Å². The van der Waals surface area contributed by atoms with E-state index in [4.69, 9.17) is 10.2 Å². The van der Waals surface area contributed by atoms with Gasteiger partial charge in [0, 0.05) is 22.5 Å². The number of halogens is 1. The van der Waals surface area contributed by atoms with Gasteiger partial charge in [-0.1, -0.05) is 0 Å². The molecular formula is C11H14BrNO3S. The highest BCUT2D eigenvalue weighted by Gasteiger charge is 2.17. The molecule has 0 saturated heterocycles. The molecule has 2 N–H and O–H groups in total. The molecule has 0 aliphatic heterocycles. The molecule has 0 aliphatic carbocycles. The van der Waals surface area contributed by atoms with Crippen molar-refractivity contribution in [1.29, 1.82) is 0 Å². The number of carbonyl (C=O) groups excluding carboxylic acids is 1. The van der Waals surface area contributed by atoms with Gasteiger partial charge in [-0.2, -0.15) is 0 Å². The fourth-order valence-electron chi connectivity index (χ4n) is 1.40. The van der Waals surface area contributed by atoms with E-state index in [1.165, 1.54) is 4.90 Å². The minimum absolute atomic E-state index is 0.135. The first kappa shape index (κ1) is 14.5. The first-order valence-corrected chi connectivity index (χ1v) is 6.33. The highest BCUT2D eigenvalue weighted by Crippen LogP contribution is 2.21. The maximum absolute atomic E-state index is 12.1. The van der Waals surface area contributed by atoms with Gasteiger partial charge in [0.25, 0.3) is 5.91 Å². The van der Waals surface area contributed by atoms with Gasteiger partial charge in [0.2, 0.25) is 0 Å². The van der Waals surface area contributed by atoms with Gasteiger partial charge in [-0.15, -0.1) is 12.6 Å². The van der Waals surface area contributed by atoms with Gasteiger partial charge in [-0.3, -0.25) is 4.79 Å². The summed E-state index contributed by atoms with van der Waals surface area (Å²) in [5.41, 5.74) is 0.472. The molecule has 1 aromatic rings. The van der Waals surface area contributed by atoms with E-state index >= 15 is 0 Å². The van der Waals surface area contributed by atoms with Crippen LogP contribution in [0.2, 0.25) is 0 Å². The minimum Gasteiger partial charge on any atom is -0.395 e. The number of hydrogen-bond acceptors (Lipinski definition) is 4. The number of amides is 1. The second kappa shape index (κ2) is 7.00. The maximum Gasteiger partial charge on any atom is 0.255 e. The van der Waals surface area contributed by atoms with Crippen LogP contribution >= 0.6 is 28.6 Å². The zero-order valence-corrected chi connectivity index (χ0v) is 11.6. The maximum atomic E-state index is 12.1. The molecule has 1 rings (SSSR count). The van der Waals surface area contributed by atoms with E-state index in [1.807, 2.05) is 0 Å². The summed E-state index contributed by atoms with van der Waals surface area (Å²) in [5.74, 6) is -0.240. The van der Waals surface area contributed by atoms with Crippen LogP contribution in [0.4, 0.5) is 0 Å². The molecule has 0 unspecified atom stereocenters. The lowest BCUT2D eigenvalue weighted by atomic mass is 10.2. The van der Waals surface area contributed by atoms with Crippen molar-refractivity contribution in [2.24, 2.45) is 0 Å². The largest absolute Gasteiger partial charge is 0.395 e. The van der Waals surface area contributed by atoms with Crippen LogP contribution in [0.3, 0.4) is 0 Å². The van der Waals surface area contributed by atoms with Crippen LogP contribution in [-0.4, -0.2) is 47.3 Å². The molecule has 1 amide bonds. The molecule has 0 atom stereocenters. The normalized spacial score (nSPS) is 10.4. The van der Waals surface area contributed by atoms with Crippen LogP contribution in [0.25, 0.3) is 0 Å². The fraction of sp³-hybridized carbons (Fsp3) is 0.364. The van der Waals surface area contributed by atoms with Crippen LogP contribution < -0.4 is 0 Å². The minimum atomic E-state index is -0.240. The van der Waals surface area contributed by atoms with Gasteiger partial charge >= 0.3 is 0 Å². The molecule has 1 aromatic carbocycles. The highest BCUT2D eigenvalue weighted by molar-refractivity contribution is 9.10. The Balaban J connectivity index is 2.95. The van der Waals surface area contributed by atoms with Crippen molar-refractivity contribution in [3.63, 3.8) is 0 Å². The molecule has 0 fully saturated rings. The Hall–Kier alpha value is -0.560. The third kappa shape index (κ3) is 3.99. The zero-order valence-electron chi connectivity index (χ0n) is 9.14. The van der Waals surface area contributed by atoms with Crippen molar-refractivity contribution in [2.75, 3.05) is 26.3 Å². The summed E-state index contributed by atoms with van der Waals surface area (Å²) >= 11 is 7.47. The van der Waals surface area contributed by atoms with Crippen LogP contribution in [0, 0.1) is 0 Å². The van der Waals surface area contributed by atoms with E-state index < -0.39 is 0 Å². The van der Waals surface area contributed by atoms with Gasteiger partial charge in [0.1, 0.15) is 0 Å². The average molecular weight is 320 g/mol. The predicted octanol–water partition coefficient (Wildman–Crippen LogP) is 1.16. The van der Waals surface area contributed by atoms with Crippen LogP contribution in [0.1, 0.15) is 10.4 Å². The number of rotatable bonds is 5. The zero-order chi connectivity index (χ0) is 12.8. The lowest BCUT2D eigenvalue weighted by Gasteiger charge is -2.21. The Labute approximate surface area is 114 Å². The number of carbonyl (C=O) groups is 1. The Bertz CT molecular complexity index is 394. The molecule has 6 heteroatoms. The lowest BCUT2D eigenvalue weighted by Crippen LogP contribution is -2.36. The third-order valence-electron chi connectivity index (χ3n) is 2.21. The second-order valence-electron chi connectivity index (χ2n) is 3.40. The SMILES string of the molecule is O=C(c1cc(S)ccc1Br)N(CCO)CCO. The van der Waals surface area contributed by atoms with Crippen molar-refractivity contribution in [3.05, 3.63) is 28.2 Å². The quantitative estimate of drug-likeness (QED) is 0.714. The topological polar surface area (TPSA) is 60.8 Å². The van der Waals surface area contributed by atoms with Gasteiger partial charge in [-0.25, -0.2) is 0 Å². The van der Waals surface area contributed by atoms with E-state index in [2.05, 4.69) is 28.6 Å². The monoisotopic (exact) mass is 319 g/mol. The number of benzene rings is 1. The molecule has 0 radical (unpaired) electrons. The third-order valence-corrected chi connectivity index (χ3v) is 3.18. The summed E-state index contributed by atoms with van der Waals surface area (Å²) in [4.78, 5) is 14.2. The van der Waals surface area contributed by atoms with Crippen molar-refractivity contribution in [2.45, 2.75) is 4.90 Å². The molecular weight excluding hydrogens is 306 g/mol. The van der Waals surface area contributed by atoms with Gasteiger partial charge in [-0.05, 0) is 34.1 Å². The van der Waals surface area contributed by atoms with Crippen molar-refractivity contribution in [3.8, 4) is 0 Å². The molecule has 94 valence electrons. The Kier molecular flexibility index (Phi) is 5.97. The number of nitrogens with zero attached hydrogens (tertiary/aromatic N) is 1. The summed E-state index contributed by atoms with van der Waals surface area (Å²) in [7, 11) is 0. The standard InChI is InChI=1S/C11H14BrNO3S/c12-10-2-1-8(17)7-9(10)11(16)13(3-5-14)4-6-15/h1-2,7,14-15,17H,3-6H2. The summed E-state index contributed by atoms with van der Waals surface area (Å²) < 4.78 is 0.668. The van der Waals surface area contributed by atoms with Crippen LogP contribution in [-0.2, 0) is 0 Å². The predicted molar refractivity (Wildman–Crippen MR) is 71.5 cm³/mol. The molecule has 0 spiro atoms. The smallest absolute Gasteiger partial charge is 0.255 e. The molecule has 0 aliphatic rings. The first-order valence-electron chi connectivity index (χ1n) is 5.09. The van der Waals surface area contributed by atoms with Crippen molar-refractivity contribution in [1.82, 2.24) is 4.90 Å². The average Bonchev–Trinajstić information content (AvgIpc) is 2.31. The number of hydrogen-bond donors (Lipinski definition) is 3. The molecule has 0 aromatic heterocycles. The molecule has 0 heterocycles. The summed E-state index contributed by atoms with van der Waals surface area (Å²) in [6, 6.07) is 5.16. The van der Waals surface area contributed by atoms with Gasteiger partial charge < -0.3 is 15.1 Å². The first-order chi connectivity index (χ1) is 8.10. The molecule has 0 bridgehead atoms. The molecule has 4 nitrogen and oxygen atoms in total. The van der Waals surface area contributed by atoms with E-state index in [0.29, 0.717) is 14.9 Å². The van der Waals surface area contributed by atoms with Crippen LogP contribution in [0.15, 0.2) is 27.6 Å². The van der Waals surface area contributed by atoms with E-state index in [-0.39, 0.29) is 32.2 Å². The summed E-state index contributed by atoms with van der Waals surface area (Å²) in [5, 5.41) is 17.8. The fourth-order valence-corrected chi connectivity index (χ4v) is 2.02. The van der Waals surface area contributed by atoms with Gasteiger partial charge in [0.05, 0.1) is 18.8 Å². The number of aliphatic hydroxyl groups is 2. The van der Waals surface area contributed by atoms with Crippen LogP contribution in [0.5, 0.6) is 0 Å². The number of thiol groups is 1. The number of aliphatic hydroxyl groups excluding tert-OH is 2. The van der Waals surface area contributed by atoms with E-state index in [9.17, 15) is 4.79 Å².